The average molecular weight is 431 g/mol. The Balaban J connectivity index is 1.48. The Morgan fingerprint density at radius 3 is 2.65 bits per heavy atom. The summed E-state index contributed by atoms with van der Waals surface area (Å²) in [5.74, 6) is -1.07. The zero-order chi connectivity index (χ0) is 22.4. The van der Waals surface area contributed by atoms with Crippen LogP contribution >= 0.6 is 0 Å². The Labute approximate surface area is 177 Å². The Kier molecular flexibility index (Phi) is 7.07. The number of carbonyl (C=O) groups is 2. The quantitative estimate of drug-likeness (QED) is 0.485. The highest BCUT2D eigenvalue weighted by atomic mass is 19.3. The molecule has 3 aromatic rings. The second-order valence-corrected chi connectivity index (χ2v) is 6.89. The van der Waals surface area contributed by atoms with E-state index in [-0.39, 0.29) is 29.5 Å². The van der Waals surface area contributed by atoms with Gasteiger partial charge in [-0.3, -0.25) is 9.59 Å². The molecule has 3 N–H and O–H groups in total. The lowest BCUT2D eigenvalue weighted by Crippen LogP contribution is -2.37. The van der Waals surface area contributed by atoms with Crippen molar-refractivity contribution in [2.45, 2.75) is 20.0 Å². The number of nitrogens with one attached hydrogen (secondary N) is 3. The van der Waals surface area contributed by atoms with Gasteiger partial charge in [-0.1, -0.05) is 12.1 Å². The van der Waals surface area contributed by atoms with E-state index in [1.54, 1.807) is 0 Å². The van der Waals surface area contributed by atoms with Crippen molar-refractivity contribution >= 4 is 22.7 Å². The van der Waals surface area contributed by atoms with Crippen molar-refractivity contribution in [3.63, 3.8) is 0 Å². The largest absolute Gasteiger partial charge is 0.493 e. The number of fused-ring (bicyclic) bond motifs is 1. The maximum atomic E-state index is 12.4. The second kappa shape index (κ2) is 9.92. The van der Waals surface area contributed by atoms with Crippen molar-refractivity contribution in [3.05, 3.63) is 59.3 Å². The van der Waals surface area contributed by atoms with Crippen LogP contribution in [0.25, 0.3) is 10.9 Å². The fourth-order valence-corrected chi connectivity index (χ4v) is 3.17. The number of rotatable bonds is 9. The summed E-state index contributed by atoms with van der Waals surface area (Å²) < 4.78 is 34.1. The fourth-order valence-electron chi connectivity index (χ4n) is 3.17. The summed E-state index contributed by atoms with van der Waals surface area (Å²) in [6.45, 7) is -0.784. The zero-order valence-corrected chi connectivity index (χ0v) is 17.1. The number of methoxy groups -OCH3 is 1. The number of aromatic amines is 1. The summed E-state index contributed by atoms with van der Waals surface area (Å²) in [5.41, 5.74) is 3.46. The molecular formula is C22H23F2N3O4. The number of halogens is 2. The van der Waals surface area contributed by atoms with Gasteiger partial charge < -0.3 is 25.1 Å². The Morgan fingerprint density at radius 2 is 1.90 bits per heavy atom. The summed E-state index contributed by atoms with van der Waals surface area (Å²) in [6.07, 6.45) is 2.57. The third-order valence-corrected chi connectivity index (χ3v) is 4.69. The molecule has 0 aliphatic heterocycles. The lowest BCUT2D eigenvalue weighted by atomic mass is 10.1. The Hall–Kier alpha value is -3.62. The van der Waals surface area contributed by atoms with Crippen LogP contribution in [0, 0.1) is 6.92 Å². The number of benzene rings is 2. The van der Waals surface area contributed by atoms with Gasteiger partial charge in [0.15, 0.2) is 11.5 Å². The molecule has 1 aromatic heterocycles. The molecule has 7 nitrogen and oxygen atoms in total. The minimum Gasteiger partial charge on any atom is -0.493 e. The first-order chi connectivity index (χ1) is 14.9. The van der Waals surface area contributed by atoms with E-state index in [9.17, 15) is 18.4 Å². The summed E-state index contributed by atoms with van der Waals surface area (Å²) in [7, 11) is 1.28. The van der Waals surface area contributed by atoms with Crippen LogP contribution in [0.2, 0.25) is 0 Å². The fraction of sp³-hybridized carbons (Fsp3) is 0.273. The molecule has 2 aromatic carbocycles. The van der Waals surface area contributed by atoms with Crippen molar-refractivity contribution in [2.24, 2.45) is 0 Å². The molecule has 0 unspecified atom stereocenters. The minimum atomic E-state index is -3.01. The molecule has 0 radical (unpaired) electrons. The van der Waals surface area contributed by atoms with Crippen molar-refractivity contribution in [3.8, 4) is 11.5 Å². The second-order valence-electron chi connectivity index (χ2n) is 6.89. The number of amides is 2. The van der Waals surface area contributed by atoms with Gasteiger partial charge in [0.2, 0.25) is 5.91 Å². The number of alkyl halides is 2. The van der Waals surface area contributed by atoms with E-state index in [1.807, 2.05) is 25.3 Å². The van der Waals surface area contributed by atoms with Gasteiger partial charge in [-0.2, -0.15) is 8.78 Å². The molecule has 0 saturated carbocycles. The normalized spacial score (nSPS) is 10.9. The van der Waals surface area contributed by atoms with Crippen molar-refractivity contribution in [1.29, 1.82) is 0 Å². The van der Waals surface area contributed by atoms with Gasteiger partial charge in [0.05, 0.1) is 13.7 Å². The molecule has 0 aliphatic rings. The number of H-pyrrole nitrogens is 1. The number of aryl methyl sites for hydroxylation is 1. The van der Waals surface area contributed by atoms with E-state index >= 15 is 0 Å². The lowest BCUT2D eigenvalue weighted by Gasteiger charge is -2.11. The molecule has 0 fully saturated rings. The van der Waals surface area contributed by atoms with Gasteiger partial charge in [0, 0.05) is 29.2 Å². The summed E-state index contributed by atoms with van der Waals surface area (Å²) in [6, 6.07) is 9.94. The van der Waals surface area contributed by atoms with E-state index in [4.69, 9.17) is 4.74 Å². The van der Waals surface area contributed by atoms with E-state index in [0.29, 0.717) is 13.0 Å². The van der Waals surface area contributed by atoms with Crippen LogP contribution in [-0.2, 0) is 11.2 Å². The maximum absolute atomic E-state index is 12.4. The molecule has 3 rings (SSSR count). The van der Waals surface area contributed by atoms with Gasteiger partial charge in [0.1, 0.15) is 0 Å². The number of hydrogen-bond acceptors (Lipinski definition) is 4. The average Bonchev–Trinajstić information content (AvgIpc) is 3.13. The third kappa shape index (κ3) is 5.71. The number of ether oxygens (including phenoxy) is 2. The molecule has 164 valence electrons. The molecule has 0 aliphatic carbocycles. The molecule has 0 bridgehead atoms. The van der Waals surface area contributed by atoms with E-state index < -0.39 is 12.5 Å². The first-order valence-electron chi connectivity index (χ1n) is 9.61. The first-order valence-corrected chi connectivity index (χ1v) is 9.61. The van der Waals surface area contributed by atoms with Crippen LogP contribution in [-0.4, -0.2) is 43.6 Å². The molecule has 0 saturated heterocycles. The summed E-state index contributed by atoms with van der Waals surface area (Å²) in [4.78, 5) is 27.5. The summed E-state index contributed by atoms with van der Waals surface area (Å²) >= 11 is 0. The van der Waals surface area contributed by atoms with Crippen LogP contribution < -0.4 is 20.1 Å². The SMILES string of the molecule is COc1cc(C(=O)NCC(=O)NCCc2c[nH]c3cc(C)ccc23)ccc1OC(F)F. The minimum absolute atomic E-state index is 0.00803. The Morgan fingerprint density at radius 1 is 1.10 bits per heavy atom. The molecule has 1 heterocycles. The van der Waals surface area contributed by atoms with Crippen LogP contribution in [0.15, 0.2) is 42.6 Å². The van der Waals surface area contributed by atoms with Gasteiger partial charge in [-0.05, 0) is 48.7 Å². The lowest BCUT2D eigenvalue weighted by molar-refractivity contribution is -0.120. The van der Waals surface area contributed by atoms with Crippen LogP contribution in [0.4, 0.5) is 8.78 Å². The smallest absolute Gasteiger partial charge is 0.387 e. The molecule has 0 atom stereocenters. The van der Waals surface area contributed by atoms with Crippen LogP contribution in [0.3, 0.4) is 0 Å². The molecule has 0 spiro atoms. The predicted octanol–water partition coefficient (Wildman–Crippen LogP) is 3.18. The third-order valence-electron chi connectivity index (χ3n) is 4.69. The number of aromatic nitrogens is 1. The van der Waals surface area contributed by atoms with Crippen LogP contribution in [0.1, 0.15) is 21.5 Å². The van der Waals surface area contributed by atoms with Gasteiger partial charge >= 0.3 is 6.61 Å². The topological polar surface area (TPSA) is 92.5 Å². The highest BCUT2D eigenvalue weighted by molar-refractivity contribution is 5.97. The standard InChI is InChI=1S/C22H23F2N3O4/c1-13-3-5-16-15(11-26-17(16)9-13)7-8-25-20(28)12-27-21(29)14-4-6-18(31-22(23)24)19(10-14)30-2/h3-6,9-11,22,26H,7-8,12H2,1-2H3,(H,25,28)(H,27,29). The molecule has 2 amide bonds. The number of carbonyl (C=O) groups excluding carboxylic acids is 2. The highest BCUT2D eigenvalue weighted by Gasteiger charge is 2.15. The Bertz CT molecular complexity index is 1080. The monoisotopic (exact) mass is 431 g/mol. The number of hydrogen-bond donors (Lipinski definition) is 3. The van der Waals surface area contributed by atoms with Crippen molar-refractivity contribution in [2.75, 3.05) is 20.2 Å². The van der Waals surface area contributed by atoms with Crippen molar-refractivity contribution in [1.82, 2.24) is 15.6 Å². The first kappa shape index (κ1) is 22.1. The highest BCUT2D eigenvalue weighted by Crippen LogP contribution is 2.29. The van der Waals surface area contributed by atoms with Crippen molar-refractivity contribution < 1.29 is 27.8 Å². The predicted molar refractivity (Wildman–Crippen MR) is 112 cm³/mol. The zero-order valence-electron chi connectivity index (χ0n) is 17.1. The molecular weight excluding hydrogens is 408 g/mol. The maximum Gasteiger partial charge on any atom is 0.387 e. The van der Waals surface area contributed by atoms with E-state index in [0.717, 1.165) is 16.5 Å². The molecule has 9 heteroatoms. The summed E-state index contributed by atoms with van der Waals surface area (Å²) in [5, 5.41) is 6.36. The van der Waals surface area contributed by atoms with Gasteiger partial charge in [-0.25, -0.2) is 0 Å². The van der Waals surface area contributed by atoms with Gasteiger partial charge in [-0.15, -0.1) is 0 Å². The molecule has 31 heavy (non-hydrogen) atoms. The van der Waals surface area contributed by atoms with Gasteiger partial charge in [0.25, 0.3) is 5.91 Å². The van der Waals surface area contributed by atoms with Crippen LogP contribution in [0.5, 0.6) is 11.5 Å². The van der Waals surface area contributed by atoms with E-state index in [1.165, 1.54) is 30.9 Å². The van der Waals surface area contributed by atoms with E-state index in [2.05, 4.69) is 26.4 Å².